The molecule has 3 heterocycles. The zero-order valence-electron chi connectivity index (χ0n) is 24.3. The van der Waals surface area contributed by atoms with Gasteiger partial charge in [-0.25, -0.2) is 4.98 Å². The third kappa shape index (κ3) is 4.30. The second-order valence-electron chi connectivity index (χ2n) is 11.3. The minimum atomic E-state index is 0.954. The summed E-state index contributed by atoms with van der Waals surface area (Å²) in [5, 5.41) is 0. The van der Waals surface area contributed by atoms with Crippen LogP contribution in [0.5, 0.6) is 0 Å². The molecule has 2 aromatic heterocycles. The van der Waals surface area contributed by atoms with Gasteiger partial charge in [0.05, 0.1) is 28.1 Å². The summed E-state index contributed by atoms with van der Waals surface area (Å²) in [6.07, 6.45) is 0. The number of aromatic nitrogens is 2. The predicted molar refractivity (Wildman–Crippen MR) is 189 cm³/mol. The van der Waals surface area contributed by atoms with Crippen molar-refractivity contribution in [3.05, 3.63) is 164 Å². The van der Waals surface area contributed by atoms with Gasteiger partial charge in [-0.3, -0.25) is 4.57 Å². The third-order valence-corrected chi connectivity index (χ3v) is 9.75. The van der Waals surface area contributed by atoms with Crippen molar-refractivity contribution in [1.29, 1.82) is 0 Å². The van der Waals surface area contributed by atoms with Crippen molar-refractivity contribution in [3.63, 3.8) is 0 Å². The summed E-state index contributed by atoms with van der Waals surface area (Å²) >= 11 is 1.83. The van der Waals surface area contributed by atoms with Crippen LogP contribution in [-0.4, -0.2) is 9.55 Å². The molecule has 0 saturated carbocycles. The second kappa shape index (κ2) is 10.5. The second-order valence-corrected chi connectivity index (χ2v) is 12.3. The van der Waals surface area contributed by atoms with E-state index in [-0.39, 0.29) is 0 Å². The van der Waals surface area contributed by atoms with Crippen LogP contribution >= 0.6 is 11.3 Å². The minimum Gasteiger partial charge on any atom is -0.306 e. The first kappa shape index (κ1) is 25.8. The van der Waals surface area contributed by atoms with E-state index >= 15 is 0 Å². The van der Waals surface area contributed by atoms with Crippen molar-refractivity contribution in [3.8, 4) is 49.1 Å². The van der Waals surface area contributed by atoms with Crippen molar-refractivity contribution >= 4 is 39.4 Å². The van der Waals surface area contributed by atoms with Gasteiger partial charge < -0.3 is 4.90 Å². The molecular formula is C41H27N3S. The van der Waals surface area contributed by atoms with E-state index in [1.165, 1.54) is 32.0 Å². The number of anilines is 3. The first-order valence-electron chi connectivity index (χ1n) is 15.1. The molecule has 0 spiro atoms. The molecule has 0 bridgehead atoms. The molecule has 1 aliphatic heterocycles. The maximum Gasteiger partial charge on any atom is 0.145 e. The molecule has 0 radical (unpaired) electrons. The average molecular weight is 594 g/mol. The highest BCUT2D eigenvalue weighted by molar-refractivity contribution is 7.18. The molecule has 0 atom stereocenters. The summed E-state index contributed by atoms with van der Waals surface area (Å²) < 4.78 is 2.34. The Morgan fingerprint density at radius 1 is 0.422 bits per heavy atom. The molecule has 1 aliphatic rings. The summed E-state index contributed by atoms with van der Waals surface area (Å²) in [6.45, 7) is 0. The van der Waals surface area contributed by atoms with E-state index in [0.717, 1.165) is 45.2 Å². The molecule has 45 heavy (non-hydrogen) atoms. The van der Waals surface area contributed by atoms with Gasteiger partial charge in [-0.15, -0.1) is 11.3 Å². The molecule has 9 rings (SSSR count). The van der Waals surface area contributed by atoms with E-state index in [1.54, 1.807) is 0 Å². The Hall–Kier alpha value is -5.71. The van der Waals surface area contributed by atoms with Crippen molar-refractivity contribution in [2.24, 2.45) is 0 Å². The smallest absolute Gasteiger partial charge is 0.145 e. The molecule has 6 aromatic carbocycles. The maximum atomic E-state index is 5.16. The highest BCUT2D eigenvalue weighted by Crippen LogP contribution is 2.49. The van der Waals surface area contributed by atoms with Gasteiger partial charge in [0.15, 0.2) is 0 Å². The lowest BCUT2D eigenvalue weighted by molar-refractivity contribution is 1.06. The minimum absolute atomic E-state index is 0.954. The topological polar surface area (TPSA) is 21.1 Å². The zero-order valence-corrected chi connectivity index (χ0v) is 25.2. The van der Waals surface area contributed by atoms with E-state index in [9.17, 15) is 0 Å². The van der Waals surface area contributed by atoms with Gasteiger partial charge in [0, 0.05) is 21.0 Å². The monoisotopic (exact) mass is 593 g/mol. The Balaban J connectivity index is 1.17. The number of rotatable bonds is 5. The van der Waals surface area contributed by atoms with Crippen molar-refractivity contribution < 1.29 is 0 Å². The van der Waals surface area contributed by atoms with E-state index in [0.29, 0.717) is 0 Å². The average Bonchev–Trinajstić information content (AvgIpc) is 3.77. The van der Waals surface area contributed by atoms with Crippen LogP contribution in [0.3, 0.4) is 0 Å². The molecule has 3 nitrogen and oxygen atoms in total. The van der Waals surface area contributed by atoms with Gasteiger partial charge in [0.1, 0.15) is 5.82 Å². The van der Waals surface area contributed by atoms with Gasteiger partial charge in [0.2, 0.25) is 0 Å². The van der Waals surface area contributed by atoms with E-state index in [2.05, 4.69) is 173 Å². The van der Waals surface area contributed by atoms with Crippen LogP contribution in [0.2, 0.25) is 0 Å². The fourth-order valence-electron chi connectivity index (χ4n) is 6.44. The number of nitrogens with zero attached hydrogens (tertiary/aromatic N) is 3. The zero-order chi connectivity index (χ0) is 29.7. The number of hydrogen-bond acceptors (Lipinski definition) is 3. The van der Waals surface area contributed by atoms with Crippen LogP contribution in [0.25, 0.3) is 60.1 Å². The fourth-order valence-corrected chi connectivity index (χ4v) is 7.46. The molecular weight excluding hydrogens is 567 g/mol. The third-order valence-electron chi connectivity index (χ3n) is 8.57. The van der Waals surface area contributed by atoms with Gasteiger partial charge >= 0.3 is 0 Å². The fraction of sp³-hybridized carbons (Fsp3) is 0. The predicted octanol–water partition coefficient (Wildman–Crippen LogP) is 11.5. The maximum absolute atomic E-state index is 5.16. The van der Waals surface area contributed by atoms with Crippen LogP contribution in [0.1, 0.15) is 0 Å². The summed E-state index contributed by atoms with van der Waals surface area (Å²) in [4.78, 5) is 10.1. The standard InChI is InChI=1S/C41H27N3S/c1-4-11-29(12-5-1)38-25-26-39(45-38)30-21-19-28(20-22-30)32-23-24-35-37(27-32)43(33-15-8-3-9-16-33)36-18-10-17-34-40(36)44(35)41(42-34)31-13-6-2-7-14-31/h1-27H. The Bertz CT molecular complexity index is 2300. The summed E-state index contributed by atoms with van der Waals surface area (Å²) in [5.41, 5.74) is 12.6. The Morgan fingerprint density at radius 2 is 1.02 bits per heavy atom. The SMILES string of the molecule is c1ccc(-c2ccc(-c3ccc(-c4ccc5c(c4)N(c4ccccc4)c4cccc6nc(-c7ccccc7)n-5c46)cc3)s2)cc1. The molecule has 0 fully saturated rings. The Kier molecular flexibility index (Phi) is 6.00. The normalized spacial score (nSPS) is 12.0. The number of para-hydroxylation sites is 2. The van der Waals surface area contributed by atoms with Crippen LogP contribution in [-0.2, 0) is 0 Å². The summed E-state index contributed by atoms with van der Waals surface area (Å²) in [6, 6.07) is 58.4. The molecule has 0 N–H and O–H groups in total. The number of hydrogen-bond donors (Lipinski definition) is 0. The van der Waals surface area contributed by atoms with E-state index < -0.39 is 0 Å². The van der Waals surface area contributed by atoms with Crippen molar-refractivity contribution in [2.75, 3.05) is 4.90 Å². The quantitative estimate of drug-likeness (QED) is 0.198. The van der Waals surface area contributed by atoms with Gasteiger partial charge in [0.25, 0.3) is 0 Å². The largest absolute Gasteiger partial charge is 0.306 e. The number of benzene rings is 6. The van der Waals surface area contributed by atoms with E-state index in [1.807, 2.05) is 11.3 Å². The Morgan fingerprint density at radius 3 is 1.73 bits per heavy atom. The number of fused-ring (bicyclic) bond motifs is 2. The van der Waals surface area contributed by atoms with E-state index in [4.69, 9.17) is 4.98 Å². The first-order valence-corrected chi connectivity index (χ1v) is 16.0. The van der Waals surface area contributed by atoms with Crippen LogP contribution in [0, 0.1) is 0 Å². The van der Waals surface area contributed by atoms with Crippen molar-refractivity contribution in [2.45, 2.75) is 0 Å². The molecule has 8 aromatic rings. The highest BCUT2D eigenvalue weighted by atomic mass is 32.1. The first-order chi connectivity index (χ1) is 22.3. The van der Waals surface area contributed by atoms with Crippen LogP contribution < -0.4 is 4.90 Å². The summed E-state index contributed by atoms with van der Waals surface area (Å²) in [5.74, 6) is 0.954. The lowest BCUT2D eigenvalue weighted by atomic mass is 10.00. The number of thiophene rings is 1. The van der Waals surface area contributed by atoms with Crippen LogP contribution in [0.15, 0.2) is 164 Å². The highest BCUT2D eigenvalue weighted by Gasteiger charge is 2.29. The molecule has 0 saturated heterocycles. The lowest BCUT2D eigenvalue weighted by Crippen LogP contribution is -2.18. The van der Waals surface area contributed by atoms with Gasteiger partial charge in [-0.1, -0.05) is 115 Å². The molecule has 4 heteroatoms. The van der Waals surface area contributed by atoms with Gasteiger partial charge in [-0.05, 0) is 70.8 Å². The summed E-state index contributed by atoms with van der Waals surface area (Å²) in [7, 11) is 0. The van der Waals surface area contributed by atoms with Crippen molar-refractivity contribution in [1.82, 2.24) is 9.55 Å². The molecule has 212 valence electrons. The molecule has 0 amide bonds. The lowest BCUT2D eigenvalue weighted by Gasteiger charge is -2.33. The number of imidazole rings is 1. The molecule has 0 aliphatic carbocycles. The van der Waals surface area contributed by atoms with Gasteiger partial charge in [-0.2, -0.15) is 0 Å². The molecule has 0 unspecified atom stereocenters. The van der Waals surface area contributed by atoms with Crippen LogP contribution in [0.4, 0.5) is 17.1 Å². The Labute approximate surface area is 265 Å².